The zero-order valence-electron chi connectivity index (χ0n) is 14.2. The number of nitriles is 1. The largest absolute Gasteiger partial charge is 0.381 e. The van der Waals surface area contributed by atoms with Crippen molar-refractivity contribution < 1.29 is 9.47 Å². The Kier molecular flexibility index (Phi) is 4.71. The van der Waals surface area contributed by atoms with Crippen LogP contribution < -0.4 is 9.32 Å². The van der Waals surface area contributed by atoms with Gasteiger partial charge in [-0.1, -0.05) is 11.8 Å². The molecule has 8 heteroatoms. The highest BCUT2D eigenvalue weighted by Crippen LogP contribution is 2.48. The molecule has 0 unspecified atom stereocenters. The van der Waals surface area contributed by atoms with Gasteiger partial charge in [-0.05, 0) is 31.4 Å². The molecule has 3 aliphatic rings. The van der Waals surface area contributed by atoms with Gasteiger partial charge < -0.3 is 14.4 Å². The van der Waals surface area contributed by atoms with Crippen LogP contribution in [0.1, 0.15) is 25.3 Å². The molecule has 1 aromatic heterocycles. The number of hydrogen-bond donors (Lipinski definition) is 0. The van der Waals surface area contributed by atoms with Crippen molar-refractivity contribution in [2.24, 2.45) is 0 Å². The van der Waals surface area contributed by atoms with E-state index in [0.29, 0.717) is 45.1 Å². The quantitative estimate of drug-likeness (QED) is 0.731. The Bertz CT molecular complexity index is 705. The molecule has 25 heavy (non-hydrogen) atoms. The summed E-state index contributed by atoms with van der Waals surface area (Å²) < 4.78 is 12.7. The number of anilines is 2. The summed E-state index contributed by atoms with van der Waals surface area (Å²) in [4.78, 5) is 8.13. The normalized spacial score (nSPS) is 25.6. The number of pyridine rings is 1. The summed E-state index contributed by atoms with van der Waals surface area (Å²) in [5.41, 5.74) is 0.537. The summed E-state index contributed by atoms with van der Waals surface area (Å²) in [6, 6.07) is 4.95. The summed E-state index contributed by atoms with van der Waals surface area (Å²) in [6.07, 6.45) is 1.42. The second-order valence-corrected chi connectivity index (χ2v) is 8.10. The number of rotatable bonds is 2. The molecule has 0 bridgehead atoms. The van der Waals surface area contributed by atoms with E-state index < -0.39 is 5.41 Å². The maximum atomic E-state index is 10.0. The molecule has 134 valence electrons. The minimum Gasteiger partial charge on any atom is -0.381 e. The van der Waals surface area contributed by atoms with Crippen LogP contribution >= 0.6 is 23.5 Å². The lowest BCUT2D eigenvalue weighted by molar-refractivity contribution is 0.0668. The van der Waals surface area contributed by atoms with E-state index in [-0.39, 0.29) is 6.04 Å². The first kappa shape index (κ1) is 17.2. The van der Waals surface area contributed by atoms with Gasteiger partial charge in [0.1, 0.15) is 5.82 Å². The van der Waals surface area contributed by atoms with Crippen LogP contribution in [-0.2, 0) is 14.9 Å². The highest BCUT2D eigenvalue weighted by molar-refractivity contribution is 8.00. The van der Waals surface area contributed by atoms with Crippen molar-refractivity contribution in [3.05, 3.63) is 11.6 Å². The molecule has 0 aromatic carbocycles. The third kappa shape index (κ3) is 2.95. The van der Waals surface area contributed by atoms with Crippen LogP contribution in [0.5, 0.6) is 0 Å². The van der Waals surface area contributed by atoms with E-state index in [0.717, 1.165) is 28.6 Å². The monoisotopic (exact) mass is 380 g/mol. The predicted octanol–water partition coefficient (Wildman–Crippen LogP) is 2.90. The summed E-state index contributed by atoms with van der Waals surface area (Å²) in [7, 11) is 0. The van der Waals surface area contributed by atoms with Gasteiger partial charge in [-0.25, -0.2) is 4.98 Å². The van der Waals surface area contributed by atoms with Crippen LogP contribution in [0.2, 0.25) is 0 Å². The molecule has 0 radical (unpaired) electrons. The van der Waals surface area contributed by atoms with Crippen LogP contribution in [0.4, 0.5) is 11.6 Å². The number of ether oxygens (including phenoxy) is 2. The predicted molar refractivity (Wildman–Crippen MR) is 98.3 cm³/mol. The SMILES string of the molecule is C[C@@H]1COCCN1c1cc(C2(C#N)CCOCC2)c2c(n1)N(Cl)CS2. The van der Waals surface area contributed by atoms with Crippen LogP contribution in [0.25, 0.3) is 0 Å². The van der Waals surface area contributed by atoms with Crippen LogP contribution in [0.3, 0.4) is 0 Å². The van der Waals surface area contributed by atoms with E-state index in [1.165, 1.54) is 0 Å². The van der Waals surface area contributed by atoms with Gasteiger partial charge in [-0.15, -0.1) is 0 Å². The van der Waals surface area contributed by atoms with Gasteiger partial charge >= 0.3 is 0 Å². The molecule has 2 saturated heterocycles. The first-order valence-electron chi connectivity index (χ1n) is 8.60. The first-order valence-corrected chi connectivity index (χ1v) is 9.92. The van der Waals surface area contributed by atoms with Crippen LogP contribution in [0, 0.1) is 11.3 Å². The molecule has 0 amide bonds. The maximum Gasteiger partial charge on any atom is 0.160 e. The zero-order valence-corrected chi connectivity index (χ0v) is 15.8. The topological polar surface area (TPSA) is 61.6 Å². The van der Waals surface area contributed by atoms with Crippen molar-refractivity contribution in [3.63, 3.8) is 0 Å². The first-order chi connectivity index (χ1) is 12.1. The fourth-order valence-electron chi connectivity index (χ4n) is 3.73. The Morgan fingerprint density at radius 2 is 2.16 bits per heavy atom. The Hall–Kier alpha value is -1.20. The van der Waals surface area contributed by atoms with Crippen LogP contribution in [0.15, 0.2) is 11.0 Å². The Labute approximate surface area is 157 Å². The number of hydrogen-bond acceptors (Lipinski definition) is 7. The molecule has 0 aliphatic carbocycles. The average molecular weight is 381 g/mol. The van der Waals surface area contributed by atoms with Gasteiger partial charge in [0.2, 0.25) is 0 Å². The molecule has 0 saturated carbocycles. The van der Waals surface area contributed by atoms with Gasteiger partial charge in [0.25, 0.3) is 0 Å². The maximum absolute atomic E-state index is 10.0. The standard InChI is InChI=1S/C17H21ClN4O2S/c1-12-9-24-7-4-21(12)14-8-13(15-16(20-14)22(18)11-25-15)17(10-19)2-5-23-6-3-17/h8,12H,2-7,9,11H2,1H3/t12-/m1/s1. The molecule has 4 heterocycles. The second kappa shape index (κ2) is 6.84. The van der Waals surface area contributed by atoms with Gasteiger partial charge in [0.15, 0.2) is 5.82 Å². The Morgan fingerprint density at radius 1 is 1.36 bits per heavy atom. The van der Waals surface area contributed by atoms with Gasteiger partial charge in [0.05, 0.1) is 41.5 Å². The molecular formula is C17H21ClN4O2S. The van der Waals surface area contributed by atoms with Gasteiger partial charge in [0, 0.05) is 31.5 Å². The molecule has 3 aliphatic heterocycles. The molecule has 0 N–H and O–H groups in total. The number of nitrogens with zero attached hydrogens (tertiary/aromatic N) is 4. The lowest BCUT2D eigenvalue weighted by Crippen LogP contribution is -2.44. The van der Waals surface area contributed by atoms with E-state index >= 15 is 0 Å². The molecule has 6 nitrogen and oxygen atoms in total. The van der Waals surface area contributed by atoms with E-state index in [1.807, 2.05) is 0 Å². The molecule has 1 atom stereocenters. The van der Waals surface area contributed by atoms with Crippen molar-refractivity contribution >= 4 is 35.2 Å². The molecule has 4 rings (SSSR count). The number of fused-ring (bicyclic) bond motifs is 1. The second-order valence-electron chi connectivity index (χ2n) is 6.74. The third-order valence-corrected chi connectivity index (χ3v) is 6.73. The lowest BCUT2D eigenvalue weighted by atomic mass is 9.75. The summed E-state index contributed by atoms with van der Waals surface area (Å²) >= 11 is 8.05. The minimum absolute atomic E-state index is 0.248. The average Bonchev–Trinajstić information content (AvgIpc) is 3.03. The van der Waals surface area contributed by atoms with Crippen molar-refractivity contribution in [3.8, 4) is 6.07 Å². The van der Waals surface area contributed by atoms with Gasteiger partial charge in [-0.2, -0.15) is 5.26 Å². The highest BCUT2D eigenvalue weighted by Gasteiger charge is 2.40. The number of halogens is 1. The van der Waals surface area contributed by atoms with E-state index in [1.54, 1.807) is 16.2 Å². The Morgan fingerprint density at radius 3 is 2.88 bits per heavy atom. The lowest BCUT2D eigenvalue weighted by Gasteiger charge is -2.37. The molecular weight excluding hydrogens is 360 g/mol. The van der Waals surface area contributed by atoms with Crippen molar-refractivity contribution in [2.75, 3.05) is 48.2 Å². The fourth-order valence-corrected chi connectivity index (χ4v) is 5.11. The van der Waals surface area contributed by atoms with Crippen molar-refractivity contribution in [1.82, 2.24) is 4.98 Å². The molecule has 0 spiro atoms. The number of thioether (sulfide) groups is 1. The van der Waals surface area contributed by atoms with Gasteiger partial charge in [-0.3, -0.25) is 4.42 Å². The third-order valence-electron chi connectivity index (χ3n) is 5.23. The molecule has 2 fully saturated rings. The summed E-state index contributed by atoms with van der Waals surface area (Å²) in [6.45, 7) is 5.53. The van der Waals surface area contributed by atoms with Crippen LogP contribution in [-0.4, -0.2) is 49.9 Å². The zero-order chi connectivity index (χ0) is 17.4. The van der Waals surface area contributed by atoms with Crippen molar-refractivity contribution in [2.45, 2.75) is 36.1 Å². The smallest absolute Gasteiger partial charge is 0.160 e. The highest BCUT2D eigenvalue weighted by atomic mass is 35.5. The summed E-state index contributed by atoms with van der Waals surface area (Å²) in [5, 5.41) is 10.0. The van der Waals surface area contributed by atoms with E-state index in [9.17, 15) is 5.26 Å². The molecule has 1 aromatic rings. The van der Waals surface area contributed by atoms with E-state index in [4.69, 9.17) is 26.2 Å². The number of morpholine rings is 1. The van der Waals surface area contributed by atoms with E-state index in [2.05, 4.69) is 24.0 Å². The minimum atomic E-state index is -0.523. The fraction of sp³-hybridized carbons (Fsp3) is 0.647. The Balaban J connectivity index is 1.83. The van der Waals surface area contributed by atoms with Crippen molar-refractivity contribution in [1.29, 1.82) is 5.26 Å². The summed E-state index contributed by atoms with van der Waals surface area (Å²) in [5.74, 6) is 2.31. The number of aromatic nitrogens is 1.